The van der Waals surface area contributed by atoms with Gasteiger partial charge in [0.15, 0.2) is 0 Å². The lowest BCUT2D eigenvalue weighted by Gasteiger charge is -2.09. The second-order valence-corrected chi connectivity index (χ2v) is 6.60. The van der Waals surface area contributed by atoms with E-state index >= 15 is 0 Å². The number of rotatable bonds is 5. The molecule has 1 aromatic heterocycles. The van der Waals surface area contributed by atoms with Crippen molar-refractivity contribution in [3.05, 3.63) is 53.1 Å². The van der Waals surface area contributed by atoms with Gasteiger partial charge in [0.1, 0.15) is 10.7 Å². The predicted octanol–water partition coefficient (Wildman–Crippen LogP) is 1.37. The summed E-state index contributed by atoms with van der Waals surface area (Å²) in [6.45, 7) is 0. The monoisotopic (exact) mass is 345 g/mol. The molecule has 2 aromatic rings. The predicted molar refractivity (Wildman–Crippen MR) is 79.0 cm³/mol. The minimum Gasteiger partial charge on any atom is -0.354 e. The van der Waals surface area contributed by atoms with Crippen LogP contribution in [0.25, 0.3) is 0 Å². The van der Waals surface area contributed by atoms with Crippen molar-refractivity contribution in [1.29, 1.82) is 0 Å². The standard InChI is InChI=1S/C13H13ClFN3O3S/c1-18-6-2-3-10(18)8-13(19)16-17-22(20,21)12-5-4-9(14)7-11(12)15/h2-7,17H,8H2,1H3,(H,16,19). The molecule has 6 nitrogen and oxygen atoms in total. The zero-order valence-corrected chi connectivity index (χ0v) is 13.1. The number of hydrazine groups is 1. The van der Waals surface area contributed by atoms with Gasteiger partial charge >= 0.3 is 0 Å². The van der Waals surface area contributed by atoms with E-state index in [2.05, 4.69) is 0 Å². The first kappa shape index (κ1) is 16.5. The van der Waals surface area contributed by atoms with Crippen LogP contribution in [0, 0.1) is 5.82 Å². The van der Waals surface area contributed by atoms with Gasteiger partial charge in [-0.1, -0.05) is 11.6 Å². The lowest BCUT2D eigenvalue weighted by molar-refractivity contribution is -0.121. The first-order valence-electron chi connectivity index (χ1n) is 6.15. The average molecular weight is 346 g/mol. The number of carbonyl (C=O) groups excluding carboxylic acids is 1. The number of nitrogens with zero attached hydrogens (tertiary/aromatic N) is 1. The molecule has 0 radical (unpaired) electrons. The molecule has 0 aliphatic rings. The number of nitrogens with one attached hydrogen (secondary N) is 2. The molecule has 2 rings (SSSR count). The SMILES string of the molecule is Cn1cccc1CC(=O)NNS(=O)(=O)c1ccc(Cl)cc1F. The zero-order valence-electron chi connectivity index (χ0n) is 11.5. The molecule has 0 aliphatic heterocycles. The van der Waals surface area contributed by atoms with E-state index in [9.17, 15) is 17.6 Å². The first-order valence-corrected chi connectivity index (χ1v) is 8.01. The lowest BCUT2D eigenvalue weighted by Crippen LogP contribution is -2.42. The van der Waals surface area contributed by atoms with Crippen LogP contribution in [0.3, 0.4) is 0 Å². The van der Waals surface area contributed by atoms with Crippen LogP contribution >= 0.6 is 11.6 Å². The Morgan fingerprint density at radius 3 is 2.68 bits per heavy atom. The van der Waals surface area contributed by atoms with Crippen molar-refractivity contribution in [2.75, 3.05) is 0 Å². The van der Waals surface area contributed by atoms with Gasteiger partial charge in [-0.3, -0.25) is 10.2 Å². The van der Waals surface area contributed by atoms with Crippen LogP contribution in [0.1, 0.15) is 5.69 Å². The van der Waals surface area contributed by atoms with Crippen molar-refractivity contribution in [1.82, 2.24) is 14.8 Å². The summed E-state index contributed by atoms with van der Waals surface area (Å²) in [5.74, 6) is -1.57. The Balaban J connectivity index is 2.03. The first-order chi connectivity index (χ1) is 10.3. The number of aromatic nitrogens is 1. The number of aryl methyl sites for hydroxylation is 1. The van der Waals surface area contributed by atoms with Gasteiger partial charge in [-0.15, -0.1) is 4.83 Å². The molecule has 1 aromatic carbocycles. The van der Waals surface area contributed by atoms with Gasteiger partial charge in [0.25, 0.3) is 10.0 Å². The van der Waals surface area contributed by atoms with Gasteiger partial charge in [-0.25, -0.2) is 12.8 Å². The van der Waals surface area contributed by atoms with Crippen LogP contribution in [-0.2, 0) is 28.3 Å². The highest BCUT2D eigenvalue weighted by Crippen LogP contribution is 2.18. The molecule has 1 heterocycles. The summed E-state index contributed by atoms with van der Waals surface area (Å²) >= 11 is 5.56. The maximum atomic E-state index is 13.6. The van der Waals surface area contributed by atoms with Gasteiger partial charge in [0, 0.05) is 24.0 Å². The summed E-state index contributed by atoms with van der Waals surface area (Å²) in [6.07, 6.45) is 1.74. The quantitative estimate of drug-likeness (QED) is 0.803. The van der Waals surface area contributed by atoms with Crippen LogP contribution in [-0.4, -0.2) is 18.9 Å². The smallest absolute Gasteiger partial charge is 0.260 e. The summed E-state index contributed by atoms with van der Waals surface area (Å²) in [6, 6.07) is 6.62. The van der Waals surface area contributed by atoms with Gasteiger partial charge in [-0.2, -0.15) is 0 Å². The normalized spacial score (nSPS) is 11.4. The van der Waals surface area contributed by atoms with Crippen LogP contribution in [0.4, 0.5) is 4.39 Å². The number of halogens is 2. The molecule has 22 heavy (non-hydrogen) atoms. The van der Waals surface area contributed by atoms with E-state index in [0.717, 1.165) is 12.1 Å². The minimum absolute atomic E-state index is 0.0187. The Bertz CT molecular complexity index is 805. The summed E-state index contributed by atoms with van der Waals surface area (Å²) in [5, 5.41) is 0.0733. The van der Waals surface area contributed by atoms with Crippen molar-refractivity contribution in [2.45, 2.75) is 11.3 Å². The summed E-state index contributed by atoms with van der Waals surface area (Å²) in [5.41, 5.74) is 2.74. The molecule has 0 atom stereocenters. The Labute approximate surface area is 131 Å². The van der Waals surface area contributed by atoms with E-state index < -0.39 is 26.6 Å². The average Bonchev–Trinajstić information content (AvgIpc) is 2.82. The third kappa shape index (κ3) is 3.85. The number of hydrogen-bond acceptors (Lipinski definition) is 3. The molecule has 0 unspecified atom stereocenters. The Kier molecular flexibility index (Phi) is 4.84. The molecule has 118 valence electrons. The van der Waals surface area contributed by atoms with Crippen molar-refractivity contribution in [3.63, 3.8) is 0 Å². The second-order valence-electron chi connectivity index (χ2n) is 4.52. The Morgan fingerprint density at radius 2 is 2.09 bits per heavy atom. The number of sulfonamides is 1. The van der Waals surface area contributed by atoms with Gasteiger partial charge in [0.2, 0.25) is 5.91 Å². The number of hydrogen-bond donors (Lipinski definition) is 2. The summed E-state index contributed by atoms with van der Waals surface area (Å²) in [7, 11) is -2.45. The molecule has 1 amide bonds. The van der Waals surface area contributed by atoms with Crippen LogP contribution < -0.4 is 10.3 Å². The fourth-order valence-electron chi connectivity index (χ4n) is 1.76. The molecular formula is C13H13ClFN3O3S. The highest BCUT2D eigenvalue weighted by atomic mass is 35.5. The van der Waals surface area contributed by atoms with Gasteiger partial charge in [-0.05, 0) is 30.3 Å². The Hall–Kier alpha value is -1.90. The molecule has 0 saturated carbocycles. The zero-order chi connectivity index (χ0) is 16.3. The van der Waals surface area contributed by atoms with Gasteiger partial charge < -0.3 is 4.57 Å². The molecule has 9 heteroatoms. The van der Waals surface area contributed by atoms with E-state index in [1.165, 1.54) is 6.07 Å². The third-order valence-electron chi connectivity index (χ3n) is 2.90. The van der Waals surface area contributed by atoms with E-state index in [4.69, 9.17) is 11.6 Å². The topological polar surface area (TPSA) is 80.2 Å². The molecule has 0 bridgehead atoms. The van der Waals surface area contributed by atoms with E-state index in [0.29, 0.717) is 5.69 Å². The fraction of sp³-hybridized carbons (Fsp3) is 0.154. The van der Waals surface area contributed by atoms with Crippen molar-refractivity contribution < 1.29 is 17.6 Å². The third-order valence-corrected chi connectivity index (χ3v) is 4.42. The summed E-state index contributed by atoms with van der Waals surface area (Å²) < 4.78 is 39.2. The maximum absolute atomic E-state index is 13.6. The van der Waals surface area contributed by atoms with Gasteiger partial charge in [0.05, 0.1) is 6.42 Å². The van der Waals surface area contributed by atoms with Crippen LogP contribution in [0.5, 0.6) is 0 Å². The highest BCUT2D eigenvalue weighted by Gasteiger charge is 2.20. The molecule has 0 spiro atoms. The number of benzene rings is 1. The van der Waals surface area contributed by atoms with E-state index in [-0.39, 0.29) is 11.4 Å². The molecule has 0 aliphatic carbocycles. The number of amides is 1. The molecule has 0 fully saturated rings. The van der Waals surface area contributed by atoms with Crippen molar-refractivity contribution >= 4 is 27.5 Å². The minimum atomic E-state index is -4.21. The Morgan fingerprint density at radius 1 is 1.36 bits per heavy atom. The van der Waals surface area contributed by atoms with Crippen molar-refractivity contribution in [3.8, 4) is 0 Å². The maximum Gasteiger partial charge on any atom is 0.260 e. The fourth-order valence-corrected chi connectivity index (χ4v) is 2.84. The molecular weight excluding hydrogens is 333 g/mol. The van der Waals surface area contributed by atoms with E-state index in [1.807, 2.05) is 10.3 Å². The largest absolute Gasteiger partial charge is 0.354 e. The summed E-state index contributed by atoms with van der Waals surface area (Å²) in [4.78, 5) is 13.0. The molecule has 0 saturated heterocycles. The highest BCUT2D eigenvalue weighted by molar-refractivity contribution is 7.89. The lowest BCUT2D eigenvalue weighted by atomic mass is 10.3. The number of carbonyl (C=O) groups is 1. The van der Waals surface area contributed by atoms with Crippen LogP contribution in [0.15, 0.2) is 41.4 Å². The van der Waals surface area contributed by atoms with Crippen LogP contribution in [0.2, 0.25) is 5.02 Å². The molecule has 2 N–H and O–H groups in total. The van der Waals surface area contributed by atoms with Crippen molar-refractivity contribution in [2.24, 2.45) is 7.05 Å². The van der Waals surface area contributed by atoms with E-state index in [1.54, 1.807) is 29.9 Å². The second kappa shape index (κ2) is 6.47.